The Morgan fingerprint density at radius 1 is 1.25 bits per heavy atom. The molecule has 0 unspecified atom stereocenters. The van der Waals surface area contributed by atoms with Crippen molar-refractivity contribution in [1.82, 2.24) is 4.98 Å². The molecule has 0 bridgehead atoms. The smallest absolute Gasteiger partial charge is 0.265 e. The molecule has 7 heteroatoms. The minimum absolute atomic E-state index is 0.0369. The average Bonchev–Trinajstić information content (AvgIpc) is 2.43. The Labute approximate surface area is 116 Å². The van der Waals surface area contributed by atoms with Crippen molar-refractivity contribution >= 4 is 21.4 Å². The molecular weight excluding hydrogens is 281 g/mol. The van der Waals surface area contributed by atoms with E-state index >= 15 is 0 Å². The van der Waals surface area contributed by atoms with Crippen LogP contribution in [0.4, 0.5) is 15.8 Å². The summed E-state index contributed by atoms with van der Waals surface area (Å²) < 4.78 is 40.6. The fourth-order valence-electron chi connectivity index (χ4n) is 1.75. The van der Waals surface area contributed by atoms with Gasteiger partial charge in [-0.05, 0) is 24.6 Å². The summed E-state index contributed by atoms with van der Waals surface area (Å²) >= 11 is 0. The van der Waals surface area contributed by atoms with E-state index in [0.717, 1.165) is 0 Å². The molecule has 2 rings (SSSR count). The highest BCUT2D eigenvalue weighted by molar-refractivity contribution is 7.92. The SMILES string of the molecule is CNc1ccncc1S(=O)(=O)Nc1c(C)cccc1F. The third-order valence-electron chi connectivity index (χ3n) is 2.80. The van der Waals surface area contributed by atoms with Crippen LogP contribution >= 0.6 is 0 Å². The molecule has 2 aromatic rings. The van der Waals surface area contributed by atoms with Gasteiger partial charge in [0.15, 0.2) is 0 Å². The van der Waals surface area contributed by atoms with Crippen molar-refractivity contribution < 1.29 is 12.8 Å². The fraction of sp³-hybridized carbons (Fsp3) is 0.154. The molecule has 0 amide bonds. The number of nitrogens with one attached hydrogen (secondary N) is 2. The predicted molar refractivity (Wildman–Crippen MR) is 75.7 cm³/mol. The van der Waals surface area contributed by atoms with Crippen LogP contribution in [0.2, 0.25) is 0 Å². The number of benzene rings is 1. The van der Waals surface area contributed by atoms with E-state index < -0.39 is 15.8 Å². The zero-order valence-electron chi connectivity index (χ0n) is 11.0. The zero-order chi connectivity index (χ0) is 14.8. The largest absolute Gasteiger partial charge is 0.387 e. The molecule has 2 N–H and O–H groups in total. The standard InChI is InChI=1S/C13H14FN3O2S/c1-9-4-3-5-10(14)13(9)17-20(18,19)12-8-16-7-6-11(12)15-2/h3-8,17H,1-2H3,(H,15,16). The lowest BCUT2D eigenvalue weighted by molar-refractivity contribution is 0.598. The van der Waals surface area contributed by atoms with Crippen LogP contribution in [0.5, 0.6) is 0 Å². The number of hydrogen-bond acceptors (Lipinski definition) is 4. The molecule has 106 valence electrons. The number of rotatable bonds is 4. The van der Waals surface area contributed by atoms with Crippen molar-refractivity contribution in [3.63, 3.8) is 0 Å². The van der Waals surface area contributed by atoms with Crippen LogP contribution in [0.25, 0.3) is 0 Å². The van der Waals surface area contributed by atoms with Gasteiger partial charge < -0.3 is 5.32 Å². The lowest BCUT2D eigenvalue weighted by Gasteiger charge is -2.13. The van der Waals surface area contributed by atoms with E-state index in [4.69, 9.17) is 0 Å². The first-order valence-corrected chi connectivity index (χ1v) is 7.33. The highest BCUT2D eigenvalue weighted by Crippen LogP contribution is 2.25. The Morgan fingerprint density at radius 2 is 2.00 bits per heavy atom. The summed E-state index contributed by atoms with van der Waals surface area (Å²) in [5.41, 5.74) is 0.836. The van der Waals surface area contributed by atoms with E-state index in [0.29, 0.717) is 11.3 Å². The third kappa shape index (κ3) is 2.72. The summed E-state index contributed by atoms with van der Waals surface area (Å²) in [6, 6.07) is 5.88. The molecule has 1 heterocycles. The Bertz CT molecular complexity index is 712. The van der Waals surface area contributed by atoms with E-state index in [-0.39, 0.29) is 10.6 Å². The molecule has 0 aliphatic heterocycles. The molecule has 1 aromatic carbocycles. The van der Waals surface area contributed by atoms with Crippen molar-refractivity contribution in [2.45, 2.75) is 11.8 Å². The number of aromatic nitrogens is 1. The van der Waals surface area contributed by atoms with Gasteiger partial charge in [0.1, 0.15) is 10.7 Å². The summed E-state index contributed by atoms with van der Waals surface area (Å²) in [6.07, 6.45) is 2.68. The first-order chi connectivity index (χ1) is 9.45. The summed E-state index contributed by atoms with van der Waals surface area (Å²) in [5.74, 6) is -0.622. The van der Waals surface area contributed by atoms with Gasteiger partial charge in [0.05, 0.1) is 11.4 Å². The highest BCUT2D eigenvalue weighted by atomic mass is 32.2. The predicted octanol–water partition coefficient (Wildman–Crippen LogP) is 2.37. The second-order valence-corrected chi connectivity index (χ2v) is 5.81. The minimum atomic E-state index is -3.92. The monoisotopic (exact) mass is 295 g/mol. The molecule has 20 heavy (non-hydrogen) atoms. The summed E-state index contributed by atoms with van der Waals surface area (Å²) in [6.45, 7) is 1.63. The van der Waals surface area contributed by atoms with Gasteiger partial charge in [-0.15, -0.1) is 0 Å². The second-order valence-electron chi connectivity index (χ2n) is 4.16. The summed E-state index contributed by atoms with van der Waals surface area (Å²) in [5, 5.41) is 2.76. The maximum absolute atomic E-state index is 13.7. The quantitative estimate of drug-likeness (QED) is 0.908. The van der Waals surface area contributed by atoms with Gasteiger partial charge in [0, 0.05) is 19.4 Å². The van der Waals surface area contributed by atoms with Crippen LogP contribution in [0.3, 0.4) is 0 Å². The number of anilines is 2. The lowest BCUT2D eigenvalue weighted by Crippen LogP contribution is -2.16. The summed E-state index contributed by atoms with van der Waals surface area (Å²) in [4.78, 5) is 3.76. The lowest BCUT2D eigenvalue weighted by atomic mass is 10.2. The van der Waals surface area contributed by atoms with Crippen molar-refractivity contribution in [3.05, 3.63) is 48.0 Å². The Balaban J connectivity index is 2.47. The number of pyridine rings is 1. The number of nitrogens with zero attached hydrogens (tertiary/aromatic N) is 1. The van der Waals surface area contributed by atoms with E-state index in [1.165, 1.54) is 30.6 Å². The molecule has 0 aliphatic rings. The zero-order valence-corrected chi connectivity index (χ0v) is 11.8. The van der Waals surface area contributed by atoms with Gasteiger partial charge in [-0.3, -0.25) is 9.71 Å². The van der Waals surface area contributed by atoms with Crippen molar-refractivity contribution in [2.24, 2.45) is 0 Å². The van der Waals surface area contributed by atoms with E-state index in [1.807, 2.05) is 0 Å². The molecule has 0 saturated heterocycles. The first kappa shape index (κ1) is 14.3. The number of para-hydroxylation sites is 1. The van der Waals surface area contributed by atoms with Gasteiger partial charge in [-0.25, -0.2) is 12.8 Å². The second kappa shape index (κ2) is 5.46. The van der Waals surface area contributed by atoms with Crippen LogP contribution in [0, 0.1) is 12.7 Å². The van der Waals surface area contributed by atoms with Gasteiger partial charge in [-0.1, -0.05) is 12.1 Å². The number of sulfonamides is 1. The van der Waals surface area contributed by atoms with Crippen LogP contribution in [-0.2, 0) is 10.0 Å². The maximum Gasteiger partial charge on any atom is 0.265 e. The van der Waals surface area contributed by atoms with Gasteiger partial charge in [-0.2, -0.15) is 0 Å². The van der Waals surface area contributed by atoms with Gasteiger partial charge in [0.25, 0.3) is 10.0 Å². The number of hydrogen-bond donors (Lipinski definition) is 2. The van der Waals surface area contributed by atoms with Crippen LogP contribution < -0.4 is 10.0 Å². The topological polar surface area (TPSA) is 71.1 Å². The molecule has 0 atom stereocenters. The highest BCUT2D eigenvalue weighted by Gasteiger charge is 2.20. The number of halogens is 1. The third-order valence-corrected chi connectivity index (χ3v) is 4.18. The fourth-order valence-corrected chi connectivity index (χ4v) is 3.05. The molecule has 0 radical (unpaired) electrons. The van der Waals surface area contributed by atoms with Crippen LogP contribution in [-0.4, -0.2) is 20.4 Å². The maximum atomic E-state index is 13.7. The van der Waals surface area contributed by atoms with Crippen molar-refractivity contribution in [1.29, 1.82) is 0 Å². The van der Waals surface area contributed by atoms with Crippen LogP contribution in [0.1, 0.15) is 5.56 Å². The van der Waals surface area contributed by atoms with Gasteiger partial charge in [0.2, 0.25) is 0 Å². The van der Waals surface area contributed by atoms with E-state index in [2.05, 4.69) is 15.0 Å². The molecule has 0 spiro atoms. The number of aryl methyl sites for hydroxylation is 1. The van der Waals surface area contributed by atoms with Gasteiger partial charge >= 0.3 is 0 Å². The summed E-state index contributed by atoms with van der Waals surface area (Å²) in [7, 11) is -2.32. The van der Waals surface area contributed by atoms with Crippen molar-refractivity contribution in [2.75, 3.05) is 17.1 Å². The average molecular weight is 295 g/mol. The van der Waals surface area contributed by atoms with E-state index in [9.17, 15) is 12.8 Å². The Kier molecular flexibility index (Phi) is 3.89. The molecule has 0 fully saturated rings. The normalized spacial score (nSPS) is 11.2. The van der Waals surface area contributed by atoms with Crippen LogP contribution in [0.15, 0.2) is 41.6 Å². The molecule has 5 nitrogen and oxygen atoms in total. The van der Waals surface area contributed by atoms with Crippen molar-refractivity contribution in [3.8, 4) is 0 Å². The molecular formula is C13H14FN3O2S. The van der Waals surface area contributed by atoms with E-state index in [1.54, 1.807) is 20.0 Å². The molecule has 0 aliphatic carbocycles. The minimum Gasteiger partial charge on any atom is -0.387 e. The molecule has 1 aromatic heterocycles. The molecule has 0 saturated carbocycles. The Hall–Kier alpha value is -2.15. The Morgan fingerprint density at radius 3 is 2.65 bits per heavy atom. The first-order valence-electron chi connectivity index (χ1n) is 5.85.